The molecule has 0 unspecified atom stereocenters. The number of nitrogens with one attached hydrogen (secondary N) is 2. The van der Waals surface area contributed by atoms with Gasteiger partial charge in [-0.3, -0.25) is 20.4 Å². The van der Waals surface area contributed by atoms with Gasteiger partial charge in [0.05, 0.1) is 11.4 Å². The van der Waals surface area contributed by atoms with Gasteiger partial charge < -0.3 is 10.2 Å². The van der Waals surface area contributed by atoms with Crippen molar-refractivity contribution in [3.8, 4) is 0 Å². The van der Waals surface area contributed by atoms with Crippen LogP contribution in [0.15, 0.2) is 48.0 Å². The monoisotopic (exact) mass is 406 g/mol. The number of hydrogen-bond donors (Lipinski definition) is 2. The van der Waals surface area contributed by atoms with Crippen molar-refractivity contribution in [2.75, 3.05) is 0 Å². The Hall–Kier alpha value is -2.14. The summed E-state index contributed by atoms with van der Waals surface area (Å²) in [7, 11) is 0. The van der Waals surface area contributed by atoms with E-state index in [4.69, 9.17) is 10.8 Å². The van der Waals surface area contributed by atoms with Crippen molar-refractivity contribution in [2.24, 2.45) is 0 Å². The molecule has 126 valence electrons. The Kier molecular flexibility index (Phi) is 16.6. The van der Waals surface area contributed by atoms with E-state index in [1.54, 1.807) is 24.3 Å². The molecule has 0 heterocycles. The van der Waals surface area contributed by atoms with Crippen molar-refractivity contribution >= 4 is 23.0 Å². The predicted molar refractivity (Wildman–Crippen MR) is 82.6 cm³/mol. The molecule has 0 aromatic rings. The first-order chi connectivity index (χ1) is 10.1. The summed E-state index contributed by atoms with van der Waals surface area (Å²) in [5.41, 5.74) is 0.569. The summed E-state index contributed by atoms with van der Waals surface area (Å²) in [6.07, 6.45) is 8.81. The van der Waals surface area contributed by atoms with Gasteiger partial charge in [-0.1, -0.05) is 26.0 Å². The first-order valence-corrected chi connectivity index (χ1v) is 6.30. The van der Waals surface area contributed by atoms with Gasteiger partial charge in [0.15, 0.2) is 11.6 Å². The molecule has 7 heteroatoms. The zero-order valence-electron chi connectivity index (χ0n) is 13.5. The van der Waals surface area contributed by atoms with E-state index in [0.29, 0.717) is 0 Å². The van der Waals surface area contributed by atoms with Gasteiger partial charge in [-0.05, 0) is 38.2 Å². The molecule has 0 spiro atoms. The maximum absolute atomic E-state index is 9.98. The van der Waals surface area contributed by atoms with Gasteiger partial charge in [-0.15, -0.1) is 11.5 Å². The fourth-order valence-corrected chi connectivity index (χ4v) is 1.06. The molecular weight excluding hydrogens is 385 g/mol. The molecule has 6 nitrogen and oxygen atoms in total. The van der Waals surface area contributed by atoms with Crippen LogP contribution in [0, 0.1) is 10.8 Å². The van der Waals surface area contributed by atoms with Crippen LogP contribution >= 0.6 is 0 Å². The first-order valence-electron chi connectivity index (χ1n) is 6.30. The van der Waals surface area contributed by atoms with E-state index in [2.05, 4.69) is 0 Å². The summed E-state index contributed by atoms with van der Waals surface area (Å²) in [5.74, 6) is -0.750. The molecule has 0 amide bonds. The van der Waals surface area contributed by atoms with Gasteiger partial charge in [0.25, 0.3) is 0 Å². The molecule has 1 aliphatic rings. The van der Waals surface area contributed by atoms with Crippen molar-refractivity contribution in [3.63, 3.8) is 0 Å². The number of ketones is 2. The molecule has 23 heavy (non-hydrogen) atoms. The summed E-state index contributed by atoms with van der Waals surface area (Å²) in [6, 6.07) is 0. The van der Waals surface area contributed by atoms with Crippen LogP contribution in [0.1, 0.15) is 27.7 Å². The van der Waals surface area contributed by atoms with Crippen LogP contribution in [0.3, 0.4) is 0 Å². The number of rotatable bonds is 2. The molecule has 0 aliphatic heterocycles. The van der Waals surface area contributed by atoms with Gasteiger partial charge in [0.1, 0.15) is 0 Å². The zero-order chi connectivity index (χ0) is 17.7. The van der Waals surface area contributed by atoms with Crippen LogP contribution in [0.4, 0.5) is 0 Å². The van der Waals surface area contributed by atoms with Crippen molar-refractivity contribution in [2.45, 2.75) is 27.7 Å². The van der Waals surface area contributed by atoms with Crippen LogP contribution in [-0.4, -0.2) is 23.0 Å². The molecule has 0 aromatic carbocycles. The Balaban J connectivity index is -0.000000257. The van der Waals surface area contributed by atoms with Crippen LogP contribution < -0.4 is 10.2 Å². The van der Waals surface area contributed by atoms with Crippen LogP contribution in [-0.2, 0) is 29.1 Å². The quantitative estimate of drug-likeness (QED) is 0.305. The third-order valence-corrected chi connectivity index (χ3v) is 1.74. The van der Waals surface area contributed by atoms with Crippen molar-refractivity contribution in [1.29, 1.82) is 10.8 Å². The van der Waals surface area contributed by atoms with Crippen molar-refractivity contribution in [3.05, 3.63) is 48.0 Å². The molecule has 0 radical (unpaired) electrons. The molecule has 1 rings (SSSR count). The molecule has 0 saturated carbocycles. The summed E-state index contributed by atoms with van der Waals surface area (Å²) < 4.78 is 0. The van der Waals surface area contributed by atoms with Gasteiger partial charge in [-0.2, -0.15) is 0 Å². The molecule has 0 atom stereocenters. The summed E-state index contributed by atoms with van der Waals surface area (Å²) in [4.78, 5) is 20.0. The van der Waals surface area contributed by atoms with E-state index in [0.717, 1.165) is 12.2 Å². The second kappa shape index (κ2) is 14.8. The zero-order valence-corrected chi connectivity index (χ0v) is 15.2. The average Bonchev–Trinajstić information content (AvgIpc) is 2.31. The third-order valence-electron chi connectivity index (χ3n) is 1.74. The van der Waals surface area contributed by atoms with E-state index in [-0.39, 0.29) is 54.0 Å². The van der Waals surface area contributed by atoms with Gasteiger partial charge in [0, 0.05) is 0 Å². The molecule has 0 bridgehead atoms. The van der Waals surface area contributed by atoms with E-state index in [1.165, 1.54) is 27.7 Å². The molecule has 1 aliphatic carbocycles. The van der Waals surface area contributed by atoms with E-state index >= 15 is 0 Å². The second-order valence-electron chi connectivity index (χ2n) is 4.28. The number of hydrogen-bond acceptors (Lipinski definition) is 6. The summed E-state index contributed by atoms with van der Waals surface area (Å²) >= 11 is 0. The summed E-state index contributed by atoms with van der Waals surface area (Å²) in [6.45, 7) is 5.39. The SMILES string of the molecule is CC(=O)/C=C(/C)[O-].CC(=O)/C=C(/C)[O-].N=C1C=CC=CC1=N.[Ru+2]. The Bertz CT molecular complexity index is 500. The standard InChI is InChI=1S/C6H6N2.2C5H8O2.Ru/c7-5-3-1-2-4-6(5)8;2*1-4(6)3-5(2)7;/h1-4,7-8H;2*3,6H,1-2H3;/q;;;+2/p-2/b;2*4-3-;. The van der Waals surface area contributed by atoms with Crippen LogP contribution in [0.5, 0.6) is 0 Å². The Morgan fingerprint density at radius 2 is 1.09 bits per heavy atom. The maximum Gasteiger partial charge on any atom is 2.00 e. The molecule has 0 fully saturated rings. The van der Waals surface area contributed by atoms with E-state index in [9.17, 15) is 19.8 Å². The Morgan fingerprint density at radius 3 is 1.17 bits per heavy atom. The normalized spacial score (nSPS) is 13.0. The summed E-state index contributed by atoms with van der Waals surface area (Å²) in [5, 5.41) is 34.0. The molecule has 0 aromatic heterocycles. The smallest absolute Gasteiger partial charge is 0.876 e. The molecule has 0 saturated heterocycles. The van der Waals surface area contributed by atoms with Crippen molar-refractivity contribution in [1.82, 2.24) is 0 Å². The second-order valence-corrected chi connectivity index (χ2v) is 4.28. The van der Waals surface area contributed by atoms with E-state index < -0.39 is 0 Å². The van der Waals surface area contributed by atoms with Crippen LogP contribution in [0.25, 0.3) is 0 Å². The maximum atomic E-state index is 9.98. The number of carbonyl (C=O) groups is 2. The fourth-order valence-electron chi connectivity index (χ4n) is 1.06. The molecule has 2 N–H and O–H groups in total. The molecular formula is C16H20N2O4Ru. The average molecular weight is 405 g/mol. The third kappa shape index (κ3) is 22.3. The van der Waals surface area contributed by atoms with Gasteiger partial charge >= 0.3 is 19.5 Å². The van der Waals surface area contributed by atoms with Crippen LogP contribution in [0.2, 0.25) is 0 Å². The Labute approximate surface area is 149 Å². The largest absolute Gasteiger partial charge is 2.00 e. The minimum Gasteiger partial charge on any atom is -0.876 e. The first kappa shape index (κ1) is 25.8. The van der Waals surface area contributed by atoms with Gasteiger partial charge in [-0.25, -0.2) is 0 Å². The number of allylic oxidation sites excluding steroid dienone is 8. The van der Waals surface area contributed by atoms with Crippen molar-refractivity contribution < 1.29 is 39.3 Å². The number of carbonyl (C=O) groups excluding carboxylic acids is 2. The Morgan fingerprint density at radius 1 is 0.826 bits per heavy atom. The topological polar surface area (TPSA) is 128 Å². The van der Waals surface area contributed by atoms with E-state index in [1.807, 2.05) is 0 Å². The minimum atomic E-state index is -0.187. The van der Waals surface area contributed by atoms with Gasteiger partial charge in [0.2, 0.25) is 0 Å². The minimum absolute atomic E-state index is 0. The predicted octanol–water partition coefficient (Wildman–Crippen LogP) is 0.828. The fraction of sp³-hybridized carbons (Fsp3) is 0.250.